The van der Waals surface area contributed by atoms with E-state index in [0.29, 0.717) is 5.88 Å². The van der Waals surface area contributed by atoms with Crippen LogP contribution in [-0.4, -0.2) is 19.0 Å². The highest BCUT2D eigenvalue weighted by Gasteiger charge is 1.86. The topological polar surface area (TPSA) is 0 Å². The van der Waals surface area contributed by atoms with Gasteiger partial charge in [-0.05, 0) is 0 Å². The largest absolute Gasteiger partial charge is 0.132 e. The molecule has 0 saturated heterocycles. The third-order valence-electron chi connectivity index (χ3n) is 0.213. The minimum atomic E-state index is 0.122. The third-order valence-corrected chi connectivity index (χ3v) is 0.988. The standard InChI is InChI=1S/C2H5BCl2/c3-2(5)1-4/h2H,1,3H2. The first-order valence-electron chi connectivity index (χ1n) is 1.47. The van der Waals surface area contributed by atoms with Crippen LogP contribution in [0.25, 0.3) is 0 Å². The molecule has 3 heteroatoms. The highest BCUT2D eigenvalue weighted by molar-refractivity contribution is 6.44. The predicted octanol–water partition coefficient (Wildman–Crippen LogP) is 0.423. The summed E-state index contributed by atoms with van der Waals surface area (Å²) >= 11 is 10.5. The van der Waals surface area contributed by atoms with Gasteiger partial charge in [0, 0.05) is 11.2 Å². The van der Waals surface area contributed by atoms with Gasteiger partial charge in [0.15, 0.2) is 0 Å². The molecule has 0 aliphatic carbocycles. The van der Waals surface area contributed by atoms with E-state index in [9.17, 15) is 0 Å². The normalized spacial score (nSPS) is 14.8. The summed E-state index contributed by atoms with van der Waals surface area (Å²) in [7, 11) is 1.86. The second-order valence-corrected chi connectivity index (χ2v) is 1.99. The molecular formula is C2H5BCl2. The fraction of sp³-hybridized carbons (Fsp3) is 1.00. The lowest BCUT2D eigenvalue weighted by molar-refractivity contribution is 1.40. The van der Waals surface area contributed by atoms with E-state index in [1.54, 1.807) is 0 Å². The maximum Gasteiger partial charge on any atom is 0.126 e. The van der Waals surface area contributed by atoms with Crippen LogP contribution in [0, 0.1) is 0 Å². The van der Waals surface area contributed by atoms with E-state index >= 15 is 0 Å². The molecule has 0 fully saturated rings. The molecule has 0 bridgehead atoms. The highest BCUT2D eigenvalue weighted by Crippen LogP contribution is 1.88. The molecule has 0 aliphatic rings. The molecule has 0 heterocycles. The van der Waals surface area contributed by atoms with Crippen LogP contribution in [-0.2, 0) is 0 Å². The molecule has 0 aromatic rings. The highest BCUT2D eigenvalue weighted by atomic mass is 35.5. The van der Waals surface area contributed by atoms with Crippen molar-refractivity contribution in [2.24, 2.45) is 0 Å². The molecule has 0 N–H and O–H groups in total. The molecule has 0 aromatic heterocycles. The summed E-state index contributed by atoms with van der Waals surface area (Å²) in [5.41, 5.74) is 0. The fourth-order valence-electron chi connectivity index (χ4n) is 0. The molecule has 0 aliphatic heterocycles. The van der Waals surface area contributed by atoms with E-state index in [2.05, 4.69) is 0 Å². The third kappa shape index (κ3) is 4.64. The quantitative estimate of drug-likeness (QED) is 0.339. The van der Waals surface area contributed by atoms with Gasteiger partial charge in [0.2, 0.25) is 0 Å². The molecule has 0 amide bonds. The SMILES string of the molecule is BC(Cl)CCl. The molecule has 5 heavy (non-hydrogen) atoms. The van der Waals surface area contributed by atoms with Gasteiger partial charge in [0.1, 0.15) is 7.85 Å². The molecular weight excluding hydrogens is 106 g/mol. The zero-order valence-corrected chi connectivity index (χ0v) is 4.55. The van der Waals surface area contributed by atoms with Crippen molar-refractivity contribution in [1.82, 2.24) is 0 Å². The fourth-order valence-corrected chi connectivity index (χ4v) is 0. The molecule has 0 aromatic carbocycles. The maximum atomic E-state index is 5.33. The summed E-state index contributed by atoms with van der Waals surface area (Å²) < 4.78 is 0. The lowest BCUT2D eigenvalue weighted by Gasteiger charge is -1.85. The molecule has 30 valence electrons. The van der Waals surface area contributed by atoms with Gasteiger partial charge in [-0.25, -0.2) is 0 Å². The number of hydrogen-bond donors (Lipinski definition) is 0. The van der Waals surface area contributed by atoms with Crippen molar-refractivity contribution in [1.29, 1.82) is 0 Å². The Balaban J connectivity index is 2.54. The molecule has 0 rings (SSSR count). The van der Waals surface area contributed by atoms with Crippen molar-refractivity contribution >= 4 is 31.0 Å². The van der Waals surface area contributed by atoms with E-state index in [-0.39, 0.29) is 5.28 Å². The van der Waals surface area contributed by atoms with Crippen LogP contribution in [0.2, 0.25) is 0 Å². The van der Waals surface area contributed by atoms with Crippen LogP contribution >= 0.6 is 23.2 Å². The first-order valence-corrected chi connectivity index (χ1v) is 2.44. The summed E-state index contributed by atoms with van der Waals surface area (Å²) in [5, 5.41) is 0.122. The second kappa shape index (κ2) is 2.86. The van der Waals surface area contributed by atoms with Gasteiger partial charge >= 0.3 is 0 Å². The summed E-state index contributed by atoms with van der Waals surface area (Å²) in [6, 6.07) is 0. The smallest absolute Gasteiger partial charge is 0.126 e. The van der Waals surface area contributed by atoms with Gasteiger partial charge in [-0.3, -0.25) is 0 Å². The Morgan fingerprint density at radius 1 is 1.80 bits per heavy atom. The minimum absolute atomic E-state index is 0.122. The number of rotatable bonds is 1. The summed E-state index contributed by atoms with van der Waals surface area (Å²) in [4.78, 5) is 0. The average molecular weight is 111 g/mol. The van der Waals surface area contributed by atoms with Crippen LogP contribution < -0.4 is 0 Å². The summed E-state index contributed by atoms with van der Waals surface area (Å²) in [5.74, 6) is 0.543. The zero-order valence-electron chi connectivity index (χ0n) is 3.04. The molecule has 1 unspecified atom stereocenters. The van der Waals surface area contributed by atoms with Crippen molar-refractivity contribution in [2.45, 2.75) is 5.28 Å². The Labute approximate surface area is 42.9 Å². The zero-order chi connectivity index (χ0) is 4.28. The molecule has 0 nitrogen and oxygen atoms in total. The summed E-state index contributed by atoms with van der Waals surface area (Å²) in [6.07, 6.45) is 0. The Morgan fingerprint density at radius 2 is 2.00 bits per heavy atom. The van der Waals surface area contributed by atoms with Gasteiger partial charge in [0.25, 0.3) is 0 Å². The van der Waals surface area contributed by atoms with Gasteiger partial charge in [-0.15, -0.1) is 23.2 Å². The Hall–Kier alpha value is 0.645. The van der Waals surface area contributed by atoms with E-state index in [0.717, 1.165) is 0 Å². The first kappa shape index (κ1) is 5.64. The van der Waals surface area contributed by atoms with E-state index in [4.69, 9.17) is 23.2 Å². The molecule has 0 spiro atoms. The monoisotopic (exact) mass is 110 g/mol. The number of hydrogen-bond acceptors (Lipinski definition) is 0. The molecule has 0 saturated carbocycles. The lowest BCUT2D eigenvalue weighted by atomic mass is 10.1. The van der Waals surface area contributed by atoms with E-state index < -0.39 is 0 Å². The van der Waals surface area contributed by atoms with E-state index in [1.807, 2.05) is 7.85 Å². The Bertz CT molecular complexity index is 21.6. The number of alkyl halides is 2. The molecule has 1 atom stereocenters. The van der Waals surface area contributed by atoms with Crippen LogP contribution in [0.15, 0.2) is 0 Å². The van der Waals surface area contributed by atoms with Gasteiger partial charge in [0.05, 0.1) is 0 Å². The van der Waals surface area contributed by atoms with Crippen molar-refractivity contribution in [3.05, 3.63) is 0 Å². The van der Waals surface area contributed by atoms with E-state index in [1.165, 1.54) is 0 Å². The van der Waals surface area contributed by atoms with Crippen LogP contribution in [0.1, 0.15) is 0 Å². The van der Waals surface area contributed by atoms with Crippen molar-refractivity contribution in [3.8, 4) is 0 Å². The first-order chi connectivity index (χ1) is 2.27. The van der Waals surface area contributed by atoms with Gasteiger partial charge in [-0.1, -0.05) is 0 Å². The Kier molecular flexibility index (Phi) is 3.23. The van der Waals surface area contributed by atoms with Crippen LogP contribution in [0.4, 0.5) is 0 Å². The van der Waals surface area contributed by atoms with Crippen molar-refractivity contribution < 1.29 is 0 Å². The van der Waals surface area contributed by atoms with Gasteiger partial charge in [-0.2, -0.15) is 0 Å². The van der Waals surface area contributed by atoms with Crippen molar-refractivity contribution in [2.75, 3.05) is 5.88 Å². The van der Waals surface area contributed by atoms with Crippen molar-refractivity contribution in [3.63, 3.8) is 0 Å². The summed E-state index contributed by atoms with van der Waals surface area (Å²) in [6.45, 7) is 0. The predicted molar refractivity (Wildman–Crippen MR) is 28.9 cm³/mol. The second-order valence-electron chi connectivity index (χ2n) is 0.935. The number of halogens is 2. The van der Waals surface area contributed by atoms with Gasteiger partial charge < -0.3 is 0 Å². The van der Waals surface area contributed by atoms with Crippen LogP contribution in [0.5, 0.6) is 0 Å². The van der Waals surface area contributed by atoms with Crippen LogP contribution in [0.3, 0.4) is 0 Å². The average Bonchev–Trinajstić information content (AvgIpc) is 1.38. The minimum Gasteiger partial charge on any atom is -0.132 e. The maximum absolute atomic E-state index is 5.33. The lowest BCUT2D eigenvalue weighted by Crippen LogP contribution is -1.95. The molecule has 0 radical (unpaired) electrons. The Morgan fingerprint density at radius 3 is 2.00 bits per heavy atom.